The van der Waals surface area contributed by atoms with Crippen LogP contribution in [0.3, 0.4) is 0 Å². The van der Waals surface area contributed by atoms with E-state index in [4.69, 9.17) is 6.42 Å². The van der Waals surface area contributed by atoms with E-state index >= 15 is 0 Å². The third-order valence-corrected chi connectivity index (χ3v) is 3.44. The monoisotopic (exact) mass is 282 g/mol. The molecule has 0 fully saturated rings. The van der Waals surface area contributed by atoms with Crippen LogP contribution in [0.5, 0.6) is 5.75 Å². The second kappa shape index (κ2) is 4.98. The Bertz CT molecular complexity index is 635. The van der Waals surface area contributed by atoms with Crippen molar-refractivity contribution in [3.8, 4) is 28.5 Å². The molecule has 0 N–H and O–H groups in total. The molecule has 0 bridgehead atoms. The molecule has 2 aromatic rings. The summed E-state index contributed by atoms with van der Waals surface area (Å²) in [4.78, 5) is 1.95. The van der Waals surface area contributed by atoms with Crippen molar-refractivity contribution in [3.63, 3.8) is 0 Å². The van der Waals surface area contributed by atoms with Crippen LogP contribution in [-0.4, -0.2) is 6.36 Å². The van der Waals surface area contributed by atoms with Crippen LogP contribution in [0.15, 0.2) is 30.3 Å². The van der Waals surface area contributed by atoms with Crippen LogP contribution in [0.1, 0.15) is 10.4 Å². The summed E-state index contributed by atoms with van der Waals surface area (Å²) in [6.45, 7) is 1.93. The summed E-state index contributed by atoms with van der Waals surface area (Å²) < 4.78 is 40.9. The number of rotatable bonds is 2. The molecule has 0 spiro atoms. The fourth-order valence-corrected chi connectivity index (χ4v) is 2.46. The van der Waals surface area contributed by atoms with Gasteiger partial charge in [0.15, 0.2) is 0 Å². The number of benzene rings is 1. The predicted octanol–water partition coefficient (Wildman–Crippen LogP) is 4.60. The zero-order valence-electron chi connectivity index (χ0n) is 9.91. The van der Waals surface area contributed by atoms with Crippen molar-refractivity contribution in [2.75, 3.05) is 0 Å². The summed E-state index contributed by atoms with van der Waals surface area (Å²) in [5.41, 5.74) is 0.728. The molecule has 0 saturated heterocycles. The lowest BCUT2D eigenvalue weighted by Gasteiger charge is -2.11. The van der Waals surface area contributed by atoms with E-state index in [1.807, 2.05) is 19.1 Å². The van der Waals surface area contributed by atoms with Gasteiger partial charge in [-0.1, -0.05) is 12.0 Å². The minimum absolute atomic E-state index is 0.0781. The van der Waals surface area contributed by atoms with Crippen LogP contribution in [0.2, 0.25) is 0 Å². The Morgan fingerprint density at radius 3 is 2.47 bits per heavy atom. The van der Waals surface area contributed by atoms with Crippen molar-refractivity contribution in [2.24, 2.45) is 0 Å². The molecular formula is C14H9F3OS. The average Bonchev–Trinajstić information content (AvgIpc) is 2.74. The first kappa shape index (κ1) is 13.5. The van der Waals surface area contributed by atoms with Crippen LogP contribution in [0.25, 0.3) is 10.4 Å². The Morgan fingerprint density at radius 1 is 1.21 bits per heavy atom. The molecule has 1 heterocycles. The summed E-state index contributed by atoms with van der Waals surface area (Å²) in [5, 5.41) is 0. The highest BCUT2D eigenvalue weighted by Crippen LogP contribution is 2.33. The number of ether oxygens (including phenoxy) is 1. The first-order valence-corrected chi connectivity index (χ1v) is 6.14. The fraction of sp³-hybridized carbons (Fsp3) is 0.143. The van der Waals surface area contributed by atoms with E-state index in [0.717, 1.165) is 9.75 Å². The number of terminal acetylenes is 1. The Hall–Kier alpha value is -1.93. The molecule has 0 aliphatic rings. The normalized spacial score (nSPS) is 11.1. The number of halogens is 3. The van der Waals surface area contributed by atoms with Crippen LogP contribution in [-0.2, 0) is 0 Å². The van der Waals surface area contributed by atoms with Crippen molar-refractivity contribution in [3.05, 3.63) is 40.8 Å². The molecule has 0 saturated carbocycles. The van der Waals surface area contributed by atoms with E-state index in [-0.39, 0.29) is 11.3 Å². The minimum Gasteiger partial charge on any atom is -0.404 e. The third kappa shape index (κ3) is 3.30. The number of aryl methyl sites for hydroxylation is 1. The van der Waals surface area contributed by atoms with E-state index < -0.39 is 6.36 Å². The van der Waals surface area contributed by atoms with Crippen LogP contribution < -0.4 is 4.74 Å². The SMILES string of the molecule is C#Cc1ccc(-c2ccc(C)s2)cc1OC(F)(F)F. The molecule has 1 aromatic carbocycles. The van der Waals surface area contributed by atoms with Crippen molar-refractivity contribution in [2.45, 2.75) is 13.3 Å². The van der Waals surface area contributed by atoms with Gasteiger partial charge in [0.05, 0.1) is 5.56 Å². The molecule has 2 rings (SSSR count). The van der Waals surface area contributed by atoms with Gasteiger partial charge in [0.2, 0.25) is 0 Å². The number of alkyl halides is 3. The van der Waals surface area contributed by atoms with Gasteiger partial charge in [-0.15, -0.1) is 30.9 Å². The maximum Gasteiger partial charge on any atom is 0.573 e. The second-order valence-corrected chi connectivity index (χ2v) is 5.10. The quantitative estimate of drug-likeness (QED) is 0.731. The summed E-state index contributed by atoms with van der Waals surface area (Å²) in [6, 6.07) is 8.20. The molecule has 1 aromatic heterocycles. The van der Waals surface area contributed by atoms with Gasteiger partial charge in [0, 0.05) is 9.75 Å². The summed E-state index contributed by atoms with van der Waals surface area (Å²) in [5.74, 6) is 1.83. The maximum atomic E-state index is 12.3. The Morgan fingerprint density at radius 2 is 1.95 bits per heavy atom. The number of hydrogen-bond acceptors (Lipinski definition) is 2. The predicted molar refractivity (Wildman–Crippen MR) is 69.1 cm³/mol. The number of hydrogen-bond donors (Lipinski definition) is 0. The number of thiophene rings is 1. The molecule has 0 amide bonds. The van der Waals surface area contributed by atoms with Crippen molar-refractivity contribution in [1.29, 1.82) is 0 Å². The molecule has 5 heteroatoms. The molecule has 19 heavy (non-hydrogen) atoms. The summed E-state index contributed by atoms with van der Waals surface area (Å²) >= 11 is 1.49. The molecule has 1 nitrogen and oxygen atoms in total. The van der Waals surface area contributed by atoms with E-state index in [1.54, 1.807) is 6.07 Å². The van der Waals surface area contributed by atoms with Crippen molar-refractivity contribution < 1.29 is 17.9 Å². The van der Waals surface area contributed by atoms with E-state index in [1.165, 1.54) is 23.5 Å². The van der Waals surface area contributed by atoms with Gasteiger partial charge in [0.25, 0.3) is 0 Å². The largest absolute Gasteiger partial charge is 0.573 e. The lowest BCUT2D eigenvalue weighted by atomic mass is 10.1. The molecular weight excluding hydrogens is 273 g/mol. The highest BCUT2D eigenvalue weighted by Gasteiger charge is 2.32. The maximum absolute atomic E-state index is 12.3. The van der Waals surface area contributed by atoms with Crippen LogP contribution in [0.4, 0.5) is 13.2 Å². The smallest absolute Gasteiger partial charge is 0.404 e. The van der Waals surface area contributed by atoms with Crippen LogP contribution in [0, 0.1) is 19.3 Å². The minimum atomic E-state index is -4.75. The summed E-state index contributed by atoms with van der Waals surface area (Å²) in [7, 11) is 0. The van der Waals surface area contributed by atoms with Crippen LogP contribution >= 0.6 is 11.3 Å². The second-order valence-electron chi connectivity index (χ2n) is 3.81. The Balaban J connectivity index is 2.44. The van der Waals surface area contributed by atoms with Crippen molar-refractivity contribution in [1.82, 2.24) is 0 Å². The average molecular weight is 282 g/mol. The topological polar surface area (TPSA) is 9.23 Å². The zero-order chi connectivity index (χ0) is 14.0. The van der Waals surface area contributed by atoms with E-state index in [9.17, 15) is 13.2 Å². The molecule has 98 valence electrons. The highest BCUT2D eigenvalue weighted by molar-refractivity contribution is 7.15. The Labute approximate surface area is 112 Å². The van der Waals surface area contributed by atoms with Gasteiger partial charge in [-0.25, -0.2) is 0 Å². The first-order chi connectivity index (χ1) is 8.89. The molecule has 0 aliphatic heterocycles. The van der Waals surface area contributed by atoms with Gasteiger partial charge in [-0.3, -0.25) is 0 Å². The van der Waals surface area contributed by atoms with Gasteiger partial charge in [-0.05, 0) is 36.8 Å². The fourth-order valence-electron chi connectivity index (χ4n) is 1.59. The van der Waals surface area contributed by atoms with E-state index in [0.29, 0.717) is 5.56 Å². The lowest BCUT2D eigenvalue weighted by molar-refractivity contribution is -0.274. The highest BCUT2D eigenvalue weighted by atomic mass is 32.1. The zero-order valence-corrected chi connectivity index (χ0v) is 10.7. The molecule has 0 atom stereocenters. The third-order valence-electron chi connectivity index (χ3n) is 2.39. The summed E-state index contributed by atoms with van der Waals surface area (Å²) in [6.07, 6.45) is 0.413. The van der Waals surface area contributed by atoms with Crippen molar-refractivity contribution >= 4 is 11.3 Å². The van der Waals surface area contributed by atoms with Gasteiger partial charge in [-0.2, -0.15) is 0 Å². The lowest BCUT2D eigenvalue weighted by Crippen LogP contribution is -2.17. The van der Waals surface area contributed by atoms with Gasteiger partial charge >= 0.3 is 6.36 Å². The van der Waals surface area contributed by atoms with Gasteiger partial charge in [0.1, 0.15) is 5.75 Å². The molecule has 0 radical (unpaired) electrons. The first-order valence-electron chi connectivity index (χ1n) is 5.32. The standard InChI is InChI=1S/C14H9F3OS/c1-3-10-5-6-11(13-7-4-9(2)19-13)8-12(10)18-14(15,16)17/h1,4-8H,2H3. The van der Waals surface area contributed by atoms with E-state index in [2.05, 4.69) is 10.7 Å². The molecule has 0 aliphatic carbocycles. The molecule has 0 unspecified atom stereocenters. The Kier molecular flexibility index (Phi) is 3.54. The van der Waals surface area contributed by atoms with Gasteiger partial charge < -0.3 is 4.74 Å².